The molecule has 1 aliphatic rings. The van der Waals surface area contributed by atoms with Crippen LogP contribution in [-0.4, -0.2) is 19.0 Å². The number of carbonyl (C=O) groups excluding carboxylic acids is 1. The molecule has 0 fully saturated rings. The maximum atomic E-state index is 11.9. The van der Waals surface area contributed by atoms with Gasteiger partial charge in [-0.25, -0.2) is 0 Å². The lowest BCUT2D eigenvalue weighted by molar-refractivity contribution is 0.0872. The van der Waals surface area contributed by atoms with Crippen molar-refractivity contribution in [1.29, 1.82) is 0 Å². The monoisotopic (exact) mass is 204 g/mol. The lowest BCUT2D eigenvalue weighted by Crippen LogP contribution is -2.12. The molecule has 0 bridgehead atoms. The van der Waals surface area contributed by atoms with Crippen molar-refractivity contribution in [1.82, 2.24) is 0 Å². The Balaban J connectivity index is 2.01. The highest BCUT2D eigenvalue weighted by molar-refractivity contribution is 6.02. The fourth-order valence-corrected chi connectivity index (χ4v) is 2.12. The highest BCUT2D eigenvalue weighted by Gasteiger charge is 2.29. The van der Waals surface area contributed by atoms with Gasteiger partial charge in [0, 0.05) is 24.7 Å². The maximum Gasteiger partial charge on any atom is 0.166 e. The van der Waals surface area contributed by atoms with Gasteiger partial charge in [0.2, 0.25) is 0 Å². The first-order valence-corrected chi connectivity index (χ1v) is 5.52. The van der Waals surface area contributed by atoms with Crippen LogP contribution >= 0.6 is 0 Å². The number of fused-ring (bicyclic) bond motifs is 1. The first-order valence-electron chi connectivity index (χ1n) is 5.52. The van der Waals surface area contributed by atoms with Crippen molar-refractivity contribution in [2.75, 3.05) is 13.2 Å². The normalized spacial score (nSPS) is 19.3. The van der Waals surface area contributed by atoms with Crippen LogP contribution in [0.1, 0.15) is 29.3 Å². The third kappa shape index (κ3) is 2.10. The minimum atomic E-state index is 0.147. The van der Waals surface area contributed by atoms with Crippen LogP contribution < -0.4 is 0 Å². The molecule has 0 amide bonds. The lowest BCUT2D eigenvalue weighted by Gasteiger charge is -2.06. The van der Waals surface area contributed by atoms with Gasteiger partial charge in [-0.1, -0.05) is 24.3 Å². The first kappa shape index (κ1) is 10.4. The van der Waals surface area contributed by atoms with E-state index in [0.717, 1.165) is 25.0 Å². The second kappa shape index (κ2) is 4.58. The number of hydrogen-bond acceptors (Lipinski definition) is 2. The summed E-state index contributed by atoms with van der Waals surface area (Å²) in [6.45, 7) is 3.40. The number of ketones is 1. The van der Waals surface area contributed by atoms with Crippen LogP contribution in [0, 0.1) is 5.92 Å². The van der Waals surface area contributed by atoms with E-state index in [4.69, 9.17) is 4.74 Å². The molecule has 80 valence electrons. The van der Waals surface area contributed by atoms with Crippen LogP contribution in [0.3, 0.4) is 0 Å². The molecular weight excluding hydrogens is 188 g/mol. The Labute approximate surface area is 90.3 Å². The highest BCUT2D eigenvalue weighted by Crippen LogP contribution is 2.28. The zero-order valence-electron chi connectivity index (χ0n) is 9.03. The van der Waals surface area contributed by atoms with Crippen LogP contribution in [0.5, 0.6) is 0 Å². The average molecular weight is 204 g/mol. The van der Waals surface area contributed by atoms with Crippen LogP contribution in [0.15, 0.2) is 24.3 Å². The van der Waals surface area contributed by atoms with Crippen LogP contribution in [0.25, 0.3) is 0 Å². The Bertz CT molecular complexity index is 357. The van der Waals surface area contributed by atoms with Gasteiger partial charge in [-0.2, -0.15) is 0 Å². The fraction of sp³-hybridized carbons (Fsp3) is 0.462. The predicted molar refractivity (Wildman–Crippen MR) is 59.1 cm³/mol. The molecule has 2 nitrogen and oxygen atoms in total. The molecule has 0 saturated heterocycles. The fourth-order valence-electron chi connectivity index (χ4n) is 2.12. The van der Waals surface area contributed by atoms with Gasteiger partial charge in [0.25, 0.3) is 0 Å². The quantitative estimate of drug-likeness (QED) is 0.704. The summed E-state index contributed by atoms with van der Waals surface area (Å²) in [6.07, 6.45) is 1.74. The van der Waals surface area contributed by atoms with E-state index < -0.39 is 0 Å². The standard InChI is InChI=1S/C13H16O2/c1-2-15-8-7-11-9-10-5-3-4-6-12(10)13(11)14/h3-6,11H,2,7-9H2,1H3. The zero-order chi connectivity index (χ0) is 10.7. The lowest BCUT2D eigenvalue weighted by atomic mass is 10.0. The number of hydrogen-bond donors (Lipinski definition) is 0. The van der Waals surface area contributed by atoms with Crippen LogP contribution in [-0.2, 0) is 11.2 Å². The molecule has 2 rings (SSSR count). The van der Waals surface area contributed by atoms with Gasteiger partial charge < -0.3 is 4.74 Å². The molecule has 1 aliphatic carbocycles. The summed E-state index contributed by atoms with van der Waals surface area (Å²) in [7, 11) is 0. The molecule has 0 N–H and O–H groups in total. The van der Waals surface area contributed by atoms with E-state index in [1.807, 2.05) is 31.2 Å². The molecule has 0 heterocycles. The molecule has 0 aromatic heterocycles. The van der Waals surface area contributed by atoms with E-state index in [2.05, 4.69) is 0 Å². The summed E-state index contributed by atoms with van der Waals surface area (Å²) in [5.41, 5.74) is 2.11. The molecule has 0 spiro atoms. The van der Waals surface area contributed by atoms with E-state index in [1.165, 1.54) is 5.56 Å². The molecule has 1 unspecified atom stereocenters. The summed E-state index contributed by atoms with van der Waals surface area (Å²) >= 11 is 0. The number of rotatable bonds is 4. The van der Waals surface area contributed by atoms with Crippen LogP contribution in [0.4, 0.5) is 0 Å². The number of carbonyl (C=O) groups is 1. The first-order chi connectivity index (χ1) is 7.33. The van der Waals surface area contributed by atoms with Crippen molar-refractivity contribution in [3.05, 3.63) is 35.4 Å². The van der Waals surface area contributed by atoms with Gasteiger partial charge in [0.05, 0.1) is 0 Å². The molecule has 0 saturated carbocycles. The van der Waals surface area contributed by atoms with Gasteiger partial charge in [0.1, 0.15) is 0 Å². The SMILES string of the molecule is CCOCCC1Cc2ccccc2C1=O. The van der Waals surface area contributed by atoms with Crippen molar-refractivity contribution in [3.63, 3.8) is 0 Å². The molecule has 1 aromatic rings. The molecular formula is C13H16O2. The van der Waals surface area contributed by atoms with E-state index >= 15 is 0 Å². The maximum absolute atomic E-state index is 11.9. The summed E-state index contributed by atoms with van der Waals surface area (Å²) < 4.78 is 5.29. The van der Waals surface area contributed by atoms with Crippen LogP contribution in [0.2, 0.25) is 0 Å². The van der Waals surface area contributed by atoms with Crippen molar-refractivity contribution in [2.45, 2.75) is 19.8 Å². The van der Waals surface area contributed by atoms with Gasteiger partial charge in [-0.3, -0.25) is 4.79 Å². The van der Waals surface area contributed by atoms with Crippen molar-refractivity contribution < 1.29 is 9.53 Å². The Morgan fingerprint density at radius 2 is 2.20 bits per heavy atom. The Hall–Kier alpha value is -1.15. The molecule has 1 atom stereocenters. The van der Waals surface area contributed by atoms with Gasteiger partial charge in [-0.05, 0) is 25.3 Å². The largest absolute Gasteiger partial charge is 0.382 e. The summed E-state index contributed by atoms with van der Waals surface area (Å²) in [6, 6.07) is 7.91. The van der Waals surface area contributed by atoms with Gasteiger partial charge in [0.15, 0.2) is 5.78 Å². The summed E-state index contributed by atoms with van der Waals surface area (Å²) in [5.74, 6) is 0.444. The second-order valence-corrected chi connectivity index (χ2v) is 3.91. The topological polar surface area (TPSA) is 26.3 Å². The number of ether oxygens (including phenoxy) is 1. The molecule has 0 aliphatic heterocycles. The minimum absolute atomic E-state index is 0.147. The third-order valence-electron chi connectivity index (χ3n) is 2.93. The smallest absolute Gasteiger partial charge is 0.166 e. The molecule has 2 heteroatoms. The van der Waals surface area contributed by atoms with E-state index in [-0.39, 0.29) is 5.92 Å². The van der Waals surface area contributed by atoms with Crippen molar-refractivity contribution in [3.8, 4) is 0 Å². The van der Waals surface area contributed by atoms with E-state index in [9.17, 15) is 4.79 Å². The molecule has 1 aromatic carbocycles. The second-order valence-electron chi connectivity index (χ2n) is 3.91. The molecule has 15 heavy (non-hydrogen) atoms. The number of benzene rings is 1. The van der Waals surface area contributed by atoms with Gasteiger partial charge in [-0.15, -0.1) is 0 Å². The Morgan fingerprint density at radius 3 is 2.93 bits per heavy atom. The van der Waals surface area contributed by atoms with E-state index in [1.54, 1.807) is 0 Å². The van der Waals surface area contributed by atoms with E-state index in [0.29, 0.717) is 12.4 Å². The van der Waals surface area contributed by atoms with Crippen molar-refractivity contribution >= 4 is 5.78 Å². The Kier molecular flexibility index (Phi) is 3.17. The average Bonchev–Trinajstić information content (AvgIpc) is 2.57. The van der Waals surface area contributed by atoms with Crippen molar-refractivity contribution in [2.24, 2.45) is 5.92 Å². The molecule has 0 radical (unpaired) electrons. The Morgan fingerprint density at radius 1 is 1.40 bits per heavy atom. The summed E-state index contributed by atoms with van der Waals surface area (Å²) in [4.78, 5) is 11.9. The number of Topliss-reactive ketones (excluding diaryl/α,β-unsaturated/α-hetero) is 1. The summed E-state index contributed by atoms with van der Waals surface area (Å²) in [5, 5.41) is 0. The zero-order valence-corrected chi connectivity index (χ0v) is 9.03. The highest BCUT2D eigenvalue weighted by atomic mass is 16.5. The predicted octanol–water partition coefficient (Wildman–Crippen LogP) is 2.47. The third-order valence-corrected chi connectivity index (χ3v) is 2.93. The van der Waals surface area contributed by atoms with Gasteiger partial charge >= 0.3 is 0 Å². The minimum Gasteiger partial charge on any atom is -0.382 e.